The average molecular weight is 423 g/mol. The Morgan fingerprint density at radius 3 is 2.87 bits per heavy atom. The molecule has 2 heterocycles. The molecule has 1 aromatic heterocycles. The number of fused-ring (bicyclic) bond motifs is 3. The summed E-state index contributed by atoms with van der Waals surface area (Å²) in [5, 5.41) is 12.9. The third-order valence-corrected chi connectivity index (χ3v) is 7.29. The molecule has 2 amide bonds. The van der Waals surface area contributed by atoms with Gasteiger partial charge in [0, 0.05) is 48.5 Å². The number of aromatic amines is 1. The largest absolute Gasteiger partial charge is 0.356 e. The zero-order valence-electron chi connectivity index (χ0n) is 17.5. The van der Waals surface area contributed by atoms with E-state index < -0.39 is 5.54 Å². The van der Waals surface area contributed by atoms with Crippen molar-refractivity contribution in [3.63, 3.8) is 0 Å². The van der Waals surface area contributed by atoms with Crippen LogP contribution in [0.15, 0.2) is 18.2 Å². The fraction of sp³-hybridized carbons (Fsp3) is 0.542. The number of benzene rings is 1. The van der Waals surface area contributed by atoms with E-state index in [4.69, 9.17) is 0 Å². The minimum Gasteiger partial charge on any atom is -0.356 e. The van der Waals surface area contributed by atoms with Crippen molar-refractivity contribution in [1.82, 2.24) is 15.2 Å². The Bertz CT molecular complexity index is 1080. The van der Waals surface area contributed by atoms with Crippen LogP contribution in [-0.2, 0) is 22.6 Å². The summed E-state index contributed by atoms with van der Waals surface area (Å²) >= 11 is 0. The van der Waals surface area contributed by atoms with Crippen LogP contribution < -0.4 is 5.32 Å². The number of aromatic nitrogens is 1. The number of nitrogens with one attached hydrogen (secondary N) is 2. The third kappa shape index (κ3) is 3.69. The Morgan fingerprint density at radius 2 is 2.10 bits per heavy atom. The summed E-state index contributed by atoms with van der Waals surface area (Å²) in [5.74, 6) is -0.432. The quantitative estimate of drug-likeness (QED) is 0.790. The number of carbonyl (C=O) groups excluding carboxylic acids is 2. The molecule has 0 saturated heterocycles. The summed E-state index contributed by atoms with van der Waals surface area (Å²) in [7, 11) is 0. The predicted molar refractivity (Wildman–Crippen MR) is 113 cm³/mol. The molecule has 6 nitrogen and oxygen atoms in total. The zero-order chi connectivity index (χ0) is 21.6. The van der Waals surface area contributed by atoms with Crippen molar-refractivity contribution in [2.45, 2.75) is 63.5 Å². The van der Waals surface area contributed by atoms with Crippen molar-refractivity contribution in [3.05, 3.63) is 35.3 Å². The molecule has 5 rings (SSSR count). The lowest BCUT2D eigenvalue weighted by molar-refractivity contribution is -0.140. The standard InChI is InChI=1S/C24H27FN4O2/c25-19-7-3-6-17-18-13-29(11-8-20(18)27-22(17)19)23(31)16-5-2-1-4-15(16)12-21(30)28-24(14-26)9-10-24/h3,6-7,15-16,27H,1-2,4-5,8-13H2,(H,28,30)/t15-,16-/m1/s1. The van der Waals surface area contributed by atoms with Crippen molar-refractivity contribution >= 4 is 22.7 Å². The second-order valence-electron chi connectivity index (χ2n) is 9.35. The number of H-pyrrole nitrogens is 1. The maximum atomic E-state index is 14.2. The van der Waals surface area contributed by atoms with Gasteiger partial charge in [-0.3, -0.25) is 9.59 Å². The summed E-state index contributed by atoms with van der Waals surface area (Å²) in [6.07, 6.45) is 6.08. The summed E-state index contributed by atoms with van der Waals surface area (Å²) in [6, 6.07) is 7.25. The highest BCUT2D eigenvalue weighted by atomic mass is 19.1. The Kier molecular flexibility index (Phi) is 4.96. The molecule has 0 bridgehead atoms. The Labute approximate surface area is 180 Å². The molecule has 1 aliphatic heterocycles. The number of nitriles is 1. The number of amides is 2. The first-order valence-electron chi connectivity index (χ1n) is 11.3. The lowest BCUT2D eigenvalue weighted by Gasteiger charge is -2.36. The molecule has 0 spiro atoms. The van der Waals surface area contributed by atoms with Gasteiger partial charge in [0.2, 0.25) is 11.8 Å². The maximum Gasteiger partial charge on any atom is 0.226 e. The number of rotatable bonds is 4. The lowest BCUT2D eigenvalue weighted by atomic mass is 9.76. The van der Waals surface area contributed by atoms with Gasteiger partial charge in [-0.05, 0) is 37.7 Å². The van der Waals surface area contributed by atoms with Crippen LogP contribution in [0.3, 0.4) is 0 Å². The first kappa shape index (κ1) is 20.0. The molecular formula is C24H27FN4O2. The Balaban J connectivity index is 1.30. The lowest BCUT2D eigenvalue weighted by Crippen LogP contribution is -2.44. The first-order valence-corrected chi connectivity index (χ1v) is 11.3. The molecule has 2 aromatic rings. The van der Waals surface area contributed by atoms with Crippen LogP contribution in [0.2, 0.25) is 0 Å². The van der Waals surface area contributed by atoms with E-state index in [0.29, 0.717) is 44.3 Å². The van der Waals surface area contributed by atoms with E-state index in [-0.39, 0.29) is 29.5 Å². The molecule has 3 aliphatic rings. The van der Waals surface area contributed by atoms with Gasteiger partial charge in [0.25, 0.3) is 0 Å². The maximum absolute atomic E-state index is 14.2. The van der Waals surface area contributed by atoms with Gasteiger partial charge in [-0.15, -0.1) is 0 Å². The molecule has 2 atom stereocenters. The van der Waals surface area contributed by atoms with Gasteiger partial charge < -0.3 is 15.2 Å². The van der Waals surface area contributed by atoms with E-state index in [2.05, 4.69) is 16.4 Å². The van der Waals surface area contributed by atoms with Crippen LogP contribution in [-0.4, -0.2) is 33.8 Å². The first-order chi connectivity index (χ1) is 15.0. The van der Waals surface area contributed by atoms with Gasteiger partial charge in [0.1, 0.15) is 11.4 Å². The molecule has 31 heavy (non-hydrogen) atoms. The fourth-order valence-corrected chi connectivity index (χ4v) is 5.35. The Hall–Kier alpha value is -2.88. The topological polar surface area (TPSA) is 89.0 Å². The van der Waals surface area contributed by atoms with E-state index in [1.807, 2.05) is 11.0 Å². The smallest absolute Gasteiger partial charge is 0.226 e. The minimum absolute atomic E-state index is 0.0116. The molecule has 0 radical (unpaired) electrons. The number of hydrogen-bond donors (Lipinski definition) is 2. The second-order valence-corrected chi connectivity index (χ2v) is 9.35. The van der Waals surface area contributed by atoms with Crippen LogP contribution >= 0.6 is 0 Å². The van der Waals surface area contributed by atoms with Crippen molar-refractivity contribution in [3.8, 4) is 6.07 Å². The van der Waals surface area contributed by atoms with Gasteiger partial charge >= 0.3 is 0 Å². The van der Waals surface area contributed by atoms with Crippen molar-refractivity contribution in [2.24, 2.45) is 11.8 Å². The highest BCUT2D eigenvalue weighted by Crippen LogP contribution is 2.38. The minimum atomic E-state index is -0.668. The number of hydrogen-bond acceptors (Lipinski definition) is 3. The monoisotopic (exact) mass is 422 g/mol. The molecule has 1 aromatic carbocycles. The summed E-state index contributed by atoms with van der Waals surface area (Å²) in [6.45, 7) is 1.08. The fourth-order valence-electron chi connectivity index (χ4n) is 5.35. The Morgan fingerprint density at radius 1 is 1.29 bits per heavy atom. The third-order valence-electron chi connectivity index (χ3n) is 7.29. The second kappa shape index (κ2) is 7.67. The number of carbonyl (C=O) groups is 2. The molecule has 162 valence electrons. The molecule has 0 unspecified atom stereocenters. The van der Waals surface area contributed by atoms with Crippen LogP contribution in [0, 0.1) is 29.0 Å². The average Bonchev–Trinajstić information content (AvgIpc) is 3.44. The number of nitrogens with zero attached hydrogens (tertiary/aromatic N) is 2. The highest BCUT2D eigenvalue weighted by molar-refractivity contribution is 5.87. The van der Waals surface area contributed by atoms with Crippen LogP contribution in [0.5, 0.6) is 0 Å². The van der Waals surface area contributed by atoms with E-state index >= 15 is 0 Å². The van der Waals surface area contributed by atoms with E-state index in [1.54, 1.807) is 6.07 Å². The van der Waals surface area contributed by atoms with Gasteiger partial charge in [-0.2, -0.15) is 5.26 Å². The van der Waals surface area contributed by atoms with Crippen LogP contribution in [0.1, 0.15) is 56.2 Å². The molecule has 2 saturated carbocycles. The molecule has 2 N–H and O–H groups in total. The molecular weight excluding hydrogens is 395 g/mol. The zero-order valence-corrected chi connectivity index (χ0v) is 17.5. The van der Waals surface area contributed by atoms with E-state index in [0.717, 1.165) is 42.3 Å². The van der Waals surface area contributed by atoms with E-state index in [9.17, 15) is 19.2 Å². The molecule has 2 aliphatic carbocycles. The molecule has 7 heteroatoms. The van der Waals surface area contributed by atoms with Gasteiger partial charge in [0.05, 0.1) is 11.6 Å². The van der Waals surface area contributed by atoms with Crippen LogP contribution in [0.4, 0.5) is 4.39 Å². The SMILES string of the molecule is N#CC1(NC(=O)C[C@H]2CCCC[C@H]2C(=O)N2CCc3[nH]c4c(F)cccc4c3C2)CC1. The van der Waals surface area contributed by atoms with Crippen molar-refractivity contribution in [2.75, 3.05) is 6.54 Å². The van der Waals surface area contributed by atoms with Crippen molar-refractivity contribution in [1.29, 1.82) is 5.26 Å². The summed E-state index contributed by atoms with van der Waals surface area (Å²) in [5.41, 5.74) is 1.86. The number of para-hydroxylation sites is 1. The predicted octanol–water partition coefficient (Wildman–Crippen LogP) is 3.56. The molecule has 2 fully saturated rings. The normalized spacial score (nSPS) is 24.3. The van der Waals surface area contributed by atoms with Crippen molar-refractivity contribution < 1.29 is 14.0 Å². The summed E-state index contributed by atoms with van der Waals surface area (Å²) in [4.78, 5) is 31.1. The highest BCUT2D eigenvalue weighted by Gasteiger charge is 2.45. The van der Waals surface area contributed by atoms with E-state index in [1.165, 1.54) is 6.07 Å². The summed E-state index contributed by atoms with van der Waals surface area (Å²) < 4.78 is 14.2. The van der Waals surface area contributed by atoms with Gasteiger partial charge in [-0.25, -0.2) is 4.39 Å². The number of halogens is 1. The van der Waals surface area contributed by atoms with Gasteiger partial charge in [0.15, 0.2) is 0 Å². The van der Waals surface area contributed by atoms with Crippen LogP contribution in [0.25, 0.3) is 10.9 Å². The van der Waals surface area contributed by atoms with Gasteiger partial charge in [-0.1, -0.05) is 25.0 Å².